The third-order valence-electron chi connectivity index (χ3n) is 5.04. The molecule has 0 bridgehead atoms. The smallest absolute Gasteiger partial charge is 0.264 e. The molecule has 0 N–H and O–H groups in total. The monoisotopic (exact) mass is 392 g/mol. The minimum absolute atomic E-state index is 0.0143. The third kappa shape index (κ3) is 4.46. The van der Waals surface area contributed by atoms with Crippen molar-refractivity contribution >= 4 is 5.91 Å². The minimum Gasteiger partial charge on any atom is -0.483 e. The Hall–Kier alpha value is -3.19. The summed E-state index contributed by atoms with van der Waals surface area (Å²) in [6.45, 7) is 5.31. The molecule has 7 nitrogen and oxygen atoms in total. The number of carbonyl (C=O) groups excluding carboxylic acids is 1. The Labute approximate surface area is 169 Å². The number of ether oxygens (including phenoxy) is 1. The second-order valence-electron chi connectivity index (χ2n) is 7.26. The Morgan fingerprint density at radius 3 is 2.55 bits per heavy atom. The van der Waals surface area contributed by atoms with E-state index >= 15 is 0 Å². The van der Waals surface area contributed by atoms with E-state index in [1.165, 1.54) is 5.56 Å². The number of hydrogen-bond donors (Lipinski definition) is 0. The summed E-state index contributed by atoms with van der Waals surface area (Å²) in [5, 5.41) is 4.02. The van der Waals surface area contributed by atoms with Crippen molar-refractivity contribution in [2.75, 3.05) is 33.2 Å². The summed E-state index contributed by atoms with van der Waals surface area (Å²) >= 11 is 0. The molecule has 2 aromatic carbocycles. The predicted molar refractivity (Wildman–Crippen MR) is 109 cm³/mol. The first-order chi connectivity index (χ1) is 14.1. The van der Waals surface area contributed by atoms with Crippen LogP contribution >= 0.6 is 0 Å². The molecule has 1 aromatic heterocycles. The Balaban J connectivity index is 1.44. The number of rotatable bonds is 5. The van der Waals surface area contributed by atoms with Gasteiger partial charge in [-0.15, -0.1) is 0 Å². The fraction of sp³-hybridized carbons (Fsp3) is 0.318. The van der Waals surface area contributed by atoms with E-state index in [-0.39, 0.29) is 12.5 Å². The average Bonchev–Trinajstić information content (AvgIpc) is 3.22. The van der Waals surface area contributed by atoms with Crippen LogP contribution in [-0.2, 0) is 6.61 Å². The van der Waals surface area contributed by atoms with Crippen LogP contribution in [0.15, 0.2) is 53.1 Å². The highest BCUT2D eigenvalue weighted by Gasteiger charge is 2.23. The van der Waals surface area contributed by atoms with Gasteiger partial charge in [0.1, 0.15) is 5.75 Å². The van der Waals surface area contributed by atoms with Gasteiger partial charge in [0, 0.05) is 31.7 Å². The van der Waals surface area contributed by atoms with Gasteiger partial charge >= 0.3 is 0 Å². The predicted octanol–water partition coefficient (Wildman–Crippen LogP) is 3.01. The first kappa shape index (κ1) is 19.1. The molecule has 0 radical (unpaired) electrons. The largest absolute Gasteiger partial charge is 0.483 e. The van der Waals surface area contributed by atoms with E-state index in [1.54, 1.807) is 12.1 Å². The van der Waals surface area contributed by atoms with E-state index in [9.17, 15) is 4.79 Å². The van der Waals surface area contributed by atoms with Crippen molar-refractivity contribution in [3.05, 3.63) is 65.5 Å². The topological polar surface area (TPSA) is 71.7 Å². The number of aromatic nitrogens is 2. The summed E-state index contributed by atoms with van der Waals surface area (Å²) in [7, 11) is 2.06. The van der Waals surface area contributed by atoms with Gasteiger partial charge in [0.15, 0.2) is 6.61 Å². The van der Waals surface area contributed by atoms with Gasteiger partial charge < -0.3 is 19.1 Å². The van der Waals surface area contributed by atoms with Gasteiger partial charge in [0.05, 0.1) is 5.56 Å². The second kappa shape index (κ2) is 8.45. The fourth-order valence-electron chi connectivity index (χ4n) is 3.22. The quantitative estimate of drug-likeness (QED) is 0.665. The van der Waals surface area contributed by atoms with E-state index in [1.807, 2.05) is 48.2 Å². The molecule has 29 heavy (non-hydrogen) atoms. The van der Waals surface area contributed by atoms with Crippen molar-refractivity contribution in [3.8, 4) is 17.1 Å². The summed E-state index contributed by atoms with van der Waals surface area (Å²) in [4.78, 5) is 21.4. The maximum atomic E-state index is 12.9. The van der Waals surface area contributed by atoms with Gasteiger partial charge in [-0.1, -0.05) is 47.1 Å². The molecule has 7 heteroatoms. The van der Waals surface area contributed by atoms with Gasteiger partial charge in [0.25, 0.3) is 11.8 Å². The molecule has 1 fully saturated rings. The minimum atomic E-state index is -0.0143. The van der Waals surface area contributed by atoms with E-state index in [0.717, 1.165) is 18.7 Å². The van der Waals surface area contributed by atoms with Crippen molar-refractivity contribution in [2.24, 2.45) is 0 Å². The highest BCUT2D eigenvalue weighted by atomic mass is 16.5. The number of piperazine rings is 1. The number of nitrogens with zero attached hydrogens (tertiary/aromatic N) is 4. The van der Waals surface area contributed by atoms with Crippen LogP contribution in [0.5, 0.6) is 5.75 Å². The molecule has 1 amide bonds. The standard InChI is InChI=1S/C22H24N4O3/c1-16-7-9-17(10-8-16)21-23-20(29-24-21)15-28-19-6-4-3-5-18(19)22(27)26-13-11-25(2)12-14-26/h3-10H,11-15H2,1-2H3. The maximum Gasteiger partial charge on any atom is 0.264 e. The van der Waals surface area contributed by atoms with Crippen molar-refractivity contribution in [1.29, 1.82) is 0 Å². The summed E-state index contributed by atoms with van der Waals surface area (Å²) in [6, 6.07) is 15.2. The van der Waals surface area contributed by atoms with Crippen LogP contribution in [0.1, 0.15) is 21.8 Å². The Morgan fingerprint density at radius 2 is 1.79 bits per heavy atom. The molecule has 0 aliphatic carbocycles. The molecule has 150 valence electrons. The van der Waals surface area contributed by atoms with E-state index in [0.29, 0.717) is 36.1 Å². The molecule has 3 aromatic rings. The van der Waals surface area contributed by atoms with Gasteiger partial charge in [-0.2, -0.15) is 4.98 Å². The molecule has 2 heterocycles. The van der Waals surface area contributed by atoms with Gasteiger partial charge in [-0.05, 0) is 26.1 Å². The molecule has 0 unspecified atom stereocenters. The fourth-order valence-corrected chi connectivity index (χ4v) is 3.22. The van der Waals surface area contributed by atoms with Crippen LogP contribution in [0.3, 0.4) is 0 Å². The molecule has 0 spiro atoms. The third-order valence-corrected chi connectivity index (χ3v) is 5.04. The van der Waals surface area contributed by atoms with Gasteiger partial charge in [0.2, 0.25) is 5.82 Å². The highest BCUT2D eigenvalue weighted by molar-refractivity contribution is 5.97. The zero-order chi connectivity index (χ0) is 20.2. The van der Waals surface area contributed by atoms with Crippen LogP contribution in [0.2, 0.25) is 0 Å². The van der Waals surface area contributed by atoms with Crippen LogP contribution in [0.25, 0.3) is 11.4 Å². The van der Waals surface area contributed by atoms with Crippen LogP contribution in [-0.4, -0.2) is 59.1 Å². The van der Waals surface area contributed by atoms with Gasteiger partial charge in [-0.25, -0.2) is 0 Å². The van der Waals surface area contributed by atoms with Crippen molar-refractivity contribution in [3.63, 3.8) is 0 Å². The lowest BCUT2D eigenvalue weighted by molar-refractivity contribution is 0.0658. The van der Waals surface area contributed by atoms with E-state index in [2.05, 4.69) is 22.1 Å². The van der Waals surface area contributed by atoms with Crippen LogP contribution in [0, 0.1) is 6.92 Å². The average molecular weight is 392 g/mol. The zero-order valence-electron chi connectivity index (χ0n) is 16.7. The maximum absolute atomic E-state index is 12.9. The van der Waals surface area contributed by atoms with Crippen molar-refractivity contribution in [2.45, 2.75) is 13.5 Å². The lowest BCUT2D eigenvalue weighted by Gasteiger charge is -2.32. The summed E-state index contributed by atoms with van der Waals surface area (Å²) in [6.07, 6.45) is 0. The molecule has 1 aliphatic rings. The summed E-state index contributed by atoms with van der Waals surface area (Å²) in [5.41, 5.74) is 2.61. The normalized spacial score (nSPS) is 14.8. The molecular formula is C22H24N4O3. The SMILES string of the molecule is Cc1ccc(-c2noc(COc3ccccc3C(=O)N3CCN(C)CC3)n2)cc1. The number of likely N-dealkylation sites (N-methyl/N-ethyl adjacent to an activating group) is 1. The molecule has 1 aliphatic heterocycles. The van der Waals surface area contributed by atoms with Crippen LogP contribution in [0.4, 0.5) is 0 Å². The molecule has 4 rings (SSSR count). The van der Waals surface area contributed by atoms with E-state index < -0.39 is 0 Å². The Kier molecular flexibility index (Phi) is 5.57. The van der Waals surface area contributed by atoms with Crippen molar-refractivity contribution in [1.82, 2.24) is 19.9 Å². The molecule has 1 saturated heterocycles. The molecule has 0 atom stereocenters. The lowest BCUT2D eigenvalue weighted by atomic mass is 10.1. The first-order valence-corrected chi connectivity index (χ1v) is 9.69. The first-order valence-electron chi connectivity index (χ1n) is 9.69. The molecular weight excluding hydrogens is 368 g/mol. The lowest BCUT2D eigenvalue weighted by Crippen LogP contribution is -2.47. The zero-order valence-corrected chi connectivity index (χ0v) is 16.7. The Bertz CT molecular complexity index is 976. The van der Waals surface area contributed by atoms with Crippen molar-refractivity contribution < 1.29 is 14.1 Å². The van der Waals surface area contributed by atoms with Crippen LogP contribution < -0.4 is 4.74 Å². The Morgan fingerprint density at radius 1 is 1.07 bits per heavy atom. The number of carbonyl (C=O) groups is 1. The number of benzene rings is 2. The van der Waals surface area contributed by atoms with Gasteiger partial charge in [-0.3, -0.25) is 4.79 Å². The number of aryl methyl sites for hydroxylation is 1. The number of amides is 1. The highest BCUT2D eigenvalue weighted by Crippen LogP contribution is 2.22. The van der Waals surface area contributed by atoms with E-state index in [4.69, 9.17) is 9.26 Å². The second-order valence-corrected chi connectivity index (χ2v) is 7.26. The number of para-hydroxylation sites is 1. The summed E-state index contributed by atoms with van der Waals surface area (Å²) < 4.78 is 11.2. The molecule has 0 saturated carbocycles. The summed E-state index contributed by atoms with van der Waals surface area (Å²) in [5.74, 6) is 1.39. The number of hydrogen-bond acceptors (Lipinski definition) is 6.